The molecule has 0 saturated heterocycles. The number of ether oxygens (including phenoxy) is 1. The summed E-state index contributed by atoms with van der Waals surface area (Å²) in [4.78, 5) is 14.5. The molecular weight excluding hydrogens is 245 g/mol. The van der Waals surface area contributed by atoms with Crippen molar-refractivity contribution < 1.29 is 13.9 Å². The second-order valence-electron chi connectivity index (χ2n) is 4.15. The standard InChI is InChI=1S/C15H14FNO2/c16-14-8-13(11-18)9-15(10-14)19-7-1-2-12-3-5-17-6-4-12/h3-6,8-11H,1-2,7H2. The summed E-state index contributed by atoms with van der Waals surface area (Å²) in [5, 5.41) is 0. The first-order valence-electron chi connectivity index (χ1n) is 6.05. The molecule has 0 aliphatic heterocycles. The molecule has 98 valence electrons. The number of aldehydes is 1. The molecule has 0 aliphatic carbocycles. The van der Waals surface area contributed by atoms with Crippen LogP contribution in [0.4, 0.5) is 4.39 Å². The molecular formula is C15H14FNO2. The number of hydrogen-bond acceptors (Lipinski definition) is 3. The maximum atomic E-state index is 13.1. The topological polar surface area (TPSA) is 39.2 Å². The molecule has 0 atom stereocenters. The van der Waals surface area contributed by atoms with Gasteiger partial charge in [0.2, 0.25) is 0 Å². The van der Waals surface area contributed by atoms with Crippen LogP contribution in [0.1, 0.15) is 22.3 Å². The molecule has 0 N–H and O–H groups in total. The minimum Gasteiger partial charge on any atom is -0.493 e. The first-order chi connectivity index (χ1) is 9.28. The van der Waals surface area contributed by atoms with Crippen molar-refractivity contribution in [2.45, 2.75) is 12.8 Å². The van der Waals surface area contributed by atoms with Gasteiger partial charge in [0.1, 0.15) is 17.9 Å². The average molecular weight is 259 g/mol. The van der Waals surface area contributed by atoms with Crippen LogP contribution in [0.25, 0.3) is 0 Å². The average Bonchev–Trinajstić information content (AvgIpc) is 2.44. The quantitative estimate of drug-likeness (QED) is 0.591. The Hall–Kier alpha value is -2.23. The molecule has 0 amide bonds. The van der Waals surface area contributed by atoms with Gasteiger partial charge in [-0.1, -0.05) is 0 Å². The summed E-state index contributed by atoms with van der Waals surface area (Å²) in [6, 6.07) is 7.89. The molecule has 4 heteroatoms. The number of pyridine rings is 1. The third kappa shape index (κ3) is 4.17. The minimum atomic E-state index is -0.464. The maximum Gasteiger partial charge on any atom is 0.150 e. The smallest absolute Gasteiger partial charge is 0.150 e. The minimum absolute atomic E-state index is 0.282. The van der Waals surface area contributed by atoms with Crippen molar-refractivity contribution in [2.24, 2.45) is 0 Å². The Morgan fingerprint density at radius 3 is 2.74 bits per heavy atom. The van der Waals surface area contributed by atoms with Gasteiger partial charge in [-0.3, -0.25) is 9.78 Å². The van der Waals surface area contributed by atoms with E-state index in [0.717, 1.165) is 12.8 Å². The second kappa shape index (κ2) is 6.64. The molecule has 1 heterocycles. The highest BCUT2D eigenvalue weighted by atomic mass is 19.1. The van der Waals surface area contributed by atoms with Crippen molar-refractivity contribution in [3.63, 3.8) is 0 Å². The van der Waals surface area contributed by atoms with Crippen molar-refractivity contribution >= 4 is 6.29 Å². The fourth-order valence-corrected chi connectivity index (χ4v) is 1.75. The Labute approximate surface area is 111 Å². The van der Waals surface area contributed by atoms with E-state index in [4.69, 9.17) is 4.74 Å². The van der Waals surface area contributed by atoms with E-state index in [1.165, 1.54) is 23.8 Å². The number of nitrogens with zero attached hydrogens (tertiary/aromatic N) is 1. The molecule has 19 heavy (non-hydrogen) atoms. The number of benzene rings is 1. The Kier molecular flexibility index (Phi) is 4.61. The number of hydrogen-bond donors (Lipinski definition) is 0. The predicted octanol–water partition coefficient (Wildman–Crippen LogP) is 3.04. The fraction of sp³-hybridized carbons (Fsp3) is 0.200. The van der Waals surface area contributed by atoms with E-state index in [1.54, 1.807) is 12.4 Å². The van der Waals surface area contributed by atoms with Gasteiger partial charge in [0.15, 0.2) is 0 Å². The van der Waals surface area contributed by atoms with Crippen LogP contribution in [0.15, 0.2) is 42.7 Å². The van der Waals surface area contributed by atoms with Crippen LogP contribution in [0.2, 0.25) is 0 Å². The lowest BCUT2D eigenvalue weighted by molar-refractivity contribution is 0.112. The van der Waals surface area contributed by atoms with E-state index < -0.39 is 5.82 Å². The van der Waals surface area contributed by atoms with Crippen LogP contribution in [0.3, 0.4) is 0 Å². The molecule has 1 aromatic heterocycles. The van der Waals surface area contributed by atoms with Gasteiger partial charge < -0.3 is 4.74 Å². The summed E-state index contributed by atoms with van der Waals surface area (Å²) in [7, 11) is 0. The molecule has 2 aromatic rings. The van der Waals surface area contributed by atoms with Crippen LogP contribution in [0.5, 0.6) is 5.75 Å². The van der Waals surface area contributed by atoms with Crippen LogP contribution in [-0.4, -0.2) is 17.9 Å². The van der Waals surface area contributed by atoms with Gasteiger partial charge in [0.25, 0.3) is 0 Å². The first kappa shape index (κ1) is 13.2. The summed E-state index contributed by atoms with van der Waals surface area (Å²) in [5.41, 5.74) is 1.47. The normalized spacial score (nSPS) is 10.2. The fourth-order valence-electron chi connectivity index (χ4n) is 1.75. The lowest BCUT2D eigenvalue weighted by atomic mass is 10.1. The maximum absolute atomic E-state index is 13.1. The van der Waals surface area contributed by atoms with Crippen molar-refractivity contribution in [3.05, 3.63) is 59.7 Å². The predicted molar refractivity (Wildman–Crippen MR) is 69.8 cm³/mol. The molecule has 0 bridgehead atoms. The van der Waals surface area contributed by atoms with Crippen molar-refractivity contribution in [1.82, 2.24) is 4.98 Å². The number of aryl methyl sites for hydroxylation is 1. The van der Waals surface area contributed by atoms with Gasteiger partial charge in [0, 0.05) is 24.0 Å². The zero-order valence-electron chi connectivity index (χ0n) is 10.4. The monoisotopic (exact) mass is 259 g/mol. The summed E-state index contributed by atoms with van der Waals surface area (Å²) in [6.07, 6.45) is 5.79. The van der Waals surface area contributed by atoms with Gasteiger partial charge in [-0.15, -0.1) is 0 Å². The molecule has 1 aromatic carbocycles. The molecule has 0 saturated carbocycles. The first-order valence-corrected chi connectivity index (χ1v) is 6.05. The Morgan fingerprint density at radius 1 is 1.21 bits per heavy atom. The molecule has 0 aliphatic rings. The molecule has 0 radical (unpaired) electrons. The SMILES string of the molecule is O=Cc1cc(F)cc(OCCCc2ccncc2)c1. The molecule has 0 fully saturated rings. The summed E-state index contributed by atoms with van der Waals surface area (Å²) in [5.74, 6) is -0.0782. The van der Waals surface area contributed by atoms with Crippen molar-refractivity contribution in [3.8, 4) is 5.75 Å². The number of rotatable bonds is 6. The van der Waals surface area contributed by atoms with E-state index in [1.807, 2.05) is 12.1 Å². The summed E-state index contributed by atoms with van der Waals surface area (Å²) < 4.78 is 18.6. The van der Waals surface area contributed by atoms with Gasteiger partial charge in [0.05, 0.1) is 6.61 Å². The van der Waals surface area contributed by atoms with Crippen LogP contribution in [-0.2, 0) is 6.42 Å². The third-order valence-electron chi connectivity index (χ3n) is 2.66. The summed E-state index contributed by atoms with van der Waals surface area (Å²) in [6.45, 7) is 0.476. The third-order valence-corrected chi connectivity index (χ3v) is 2.66. The molecule has 0 unspecified atom stereocenters. The van der Waals surface area contributed by atoms with E-state index in [-0.39, 0.29) is 5.56 Å². The Morgan fingerprint density at radius 2 is 2.00 bits per heavy atom. The molecule has 2 rings (SSSR count). The number of carbonyl (C=O) groups excluding carboxylic acids is 1. The van der Waals surface area contributed by atoms with Gasteiger partial charge in [-0.05, 0) is 42.7 Å². The zero-order valence-corrected chi connectivity index (χ0v) is 10.4. The zero-order chi connectivity index (χ0) is 13.5. The van der Waals surface area contributed by atoms with Gasteiger partial charge in [-0.25, -0.2) is 4.39 Å². The van der Waals surface area contributed by atoms with Crippen molar-refractivity contribution in [2.75, 3.05) is 6.61 Å². The number of carbonyl (C=O) groups is 1. The lowest BCUT2D eigenvalue weighted by Gasteiger charge is -2.07. The van der Waals surface area contributed by atoms with E-state index >= 15 is 0 Å². The van der Waals surface area contributed by atoms with E-state index in [0.29, 0.717) is 18.6 Å². The second-order valence-corrected chi connectivity index (χ2v) is 4.15. The highest BCUT2D eigenvalue weighted by Crippen LogP contribution is 2.15. The van der Waals surface area contributed by atoms with E-state index in [2.05, 4.69) is 4.98 Å². The highest BCUT2D eigenvalue weighted by molar-refractivity contribution is 5.75. The van der Waals surface area contributed by atoms with Crippen molar-refractivity contribution in [1.29, 1.82) is 0 Å². The van der Waals surface area contributed by atoms with E-state index in [9.17, 15) is 9.18 Å². The lowest BCUT2D eigenvalue weighted by Crippen LogP contribution is -2.00. The van der Waals surface area contributed by atoms with Crippen LogP contribution < -0.4 is 4.74 Å². The molecule has 3 nitrogen and oxygen atoms in total. The Balaban J connectivity index is 1.82. The van der Waals surface area contributed by atoms with Gasteiger partial charge in [-0.2, -0.15) is 0 Å². The highest BCUT2D eigenvalue weighted by Gasteiger charge is 2.01. The number of halogens is 1. The van der Waals surface area contributed by atoms with Gasteiger partial charge >= 0.3 is 0 Å². The Bertz CT molecular complexity index is 543. The van der Waals surface area contributed by atoms with Crippen LogP contribution in [0, 0.1) is 5.82 Å². The van der Waals surface area contributed by atoms with Crippen LogP contribution >= 0.6 is 0 Å². The number of aromatic nitrogens is 1. The largest absolute Gasteiger partial charge is 0.493 e. The summed E-state index contributed by atoms with van der Waals surface area (Å²) >= 11 is 0. The molecule has 0 spiro atoms.